The standard InChI is InChI=1S/C29H40F2N2O2/c1-27(35)11-12-28(2)17(15-27)5-4-6-18-19-7-8-21(29(19,3)10-9-20(18)28)26(34)16-33-25-14-23(31)22(30)13-24(25)32-33/h13-14,17-21,32,35H,4-12,15-16H2,1-3H3/t17-,18+,19-,20-,21+,27+,28-,29-/m0/s1. The number of aromatic nitrogens is 2. The SMILES string of the molecule is C[C@@]1(O)CC[C@@]2(C)[C@@H](CCC[C@H]3[C@@H]2CC[C@]2(C)[C@@H](C(=O)Cn4[nH]c5cc(F)c(F)cc54)CC[C@@H]32)C1. The average Bonchev–Trinajstić information content (AvgIpc) is 3.08. The Balaban J connectivity index is 1.22. The summed E-state index contributed by atoms with van der Waals surface area (Å²) in [5, 5.41) is 13.8. The molecule has 192 valence electrons. The van der Waals surface area contributed by atoms with E-state index in [2.05, 4.69) is 18.9 Å². The molecule has 4 aliphatic rings. The van der Waals surface area contributed by atoms with Gasteiger partial charge in [0.1, 0.15) is 0 Å². The molecular formula is C29H40F2N2O2. The molecule has 0 spiro atoms. The number of fused-ring (bicyclic) bond motifs is 6. The molecule has 4 nitrogen and oxygen atoms in total. The van der Waals surface area contributed by atoms with Crippen LogP contribution in [0.15, 0.2) is 12.1 Å². The number of hydrogen-bond donors (Lipinski definition) is 2. The summed E-state index contributed by atoms with van der Waals surface area (Å²) in [4.78, 5) is 13.6. The summed E-state index contributed by atoms with van der Waals surface area (Å²) in [6, 6.07) is 2.34. The smallest absolute Gasteiger partial charge is 0.161 e. The molecule has 0 radical (unpaired) electrons. The van der Waals surface area contributed by atoms with Crippen molar-refractivity contribution in [3.05, 3.63) is 23.8 Å². The minimum atomic E-state index is -0.877. The van der Waals surface area contributed by atoms with Gasteiger partial charge in [0.15, 0.2) is 17.4 Å². The molecule has 0 bridgehead atoms. The van der Waals surface area contributed by atoms with Crippen LogP contribution < -0.4 is 0 Å². The summed E-state index contributed by atoms with van der Waals surface area (Å²) in [6.07, 6.45) is 11.0. The second-order valence-corrected chi connectivity index (χ2v) is 13.3. The lowest BCUT2D eigenvalue weighted by atomic mass is 9.48. The first-order valence-corrected chi connectivity index (χ1v) is 13.8. The van der Waals surface area contributed by atoms with Crippen molar-refractivity contribution in [2.45, 2.75) is 97.1 Å². The average molecular weight is 487 g/mol. The molecule has 35 heavy (non-hydrogen) atoms. The number of halogens is 2. The maximum absolute atomic E-state index is 13.7. The number of carbonyl (C=O) groups excluding carboxylic acids is 1. The maximum atomic E-state index is 13.7. The number of nitrogens with zero attached hydrogens (tertiary/aromatic N) is 1. The summed E-state index contributed by atoms with van der Waals surface area (Å²) >= 11 is 0. The van der Waals surface area contributed by atoms with Crippen molar-refractivity contribution in [2.24, 2.45) is 40.4 Å². The maximum Gasteiger partial charge on any atom is 0.161 e. The van der Waals surface area contributed by atoms with Gasteiger partial charge in [0, 0.05) is 18.1 Å². The van der Waals surface area contributed by atoms with Crippen LogP contribution in [-0.4, -0.2) is 26.3 Å². The molecule has 2 N–H and O–H groups in total. The van der Waals surface area contributed by atoms with Crippen molar-refractivity contribution < 1.29 is 18.7 Å². The fourth-order valence-corrected chi connectivity index (χ4v) is 9.56. The Hall–Kier alpha value is -1.69. The van der Waals surface area contributed by atoms with Gasteiger partial charge < -0.3 is 5.11 Å². The van der Waals surface area contributed by atoms with Gasteiger partial charge in [0.2, 0.25) is 0 Å². The van der Waals surface area contributed by atoms with Crippen molar-refractivity contribution >= 4 is 16.8 Å². The fourth-order valence-electron chi connectivity index (χ4n) is 9.56. The Morgan fingerprint density at radius 2 is 1.74 bits per heavy atom. The van der Waals surface area contributed by atoms with E-state index >= 15 is 0 Å². The van der Waals surface area contributed by atoms with Crippen molar-refractivity contribution in [3.8, 4) is 0 Å². The molecule has 4 saturated carbocycles. The molecule has 4 aliphatic carbocycles. The van der Waals surface area contributed by atoms with Crippen LogP contribution in [0.4, 0.5) is 8.78 Å². The Bertz CT molecular complexity index is 1150. The van der Waals surface area contributed by atoms with Gasteiger partial charge in [-0.1, -0.05) is 20.3 Å². The highest BCUT2D eigenvalue weighted by Gasteiger charge is 2.60. The van der Waals surface area contributed by atoms with E-state index in [1.54, 1.807) is 4.68 Å². The molecule has 0 amide bonds. The Morgan fingerprint density at radius 3 is 2.54 bits per heavy atom. The number of aliphatic hydroxyl groups is 1. The Morgan fingerprint density at radius 1 is 1.00 bits per heavy atom. The summed E-state index contributed by atoms with van der Waals surface area (Å²) < 4.78 is 28.9. The Labute approximate surface area is 206 Å². The number of rotatable bonds is 3. The van der Waals surface area contributed by atoms with Crippen LogP contribution in [0.5, 0.6) is 0 Å². The Kier molecular flexibility index (Phi) is 5.35. The minimum absolute atomic E-state index is 0.0242. The highest BCUT2D eigenvalue weighted by molar-refractivity contribution is 5.85. The quantitative estimate of drug-likeness (QED) is 0.512. The van der Waals surface area contributed by atoms with E-state index in [-0.39, 0.29) is 23.7 Å². The summed E-state index contributed by atoms with van der Waals surface area (Å²) in [7, 11) is 0. The monoisotopic (exact) mass is 486 g/mol. The highest BCUT2D eigenvalue weighted by Crippen LogP contribution is 2.67. The third-order valence-electron chi connectivity index (χ3n) is 11.5. The minimum Gasteiger partial charge on any atom is -0.390 e. The van der Waals surface area contributed by atoms with Gasteiger partial charge in [-0.25, -0.2) is 8.78 Å². The molecule has 0 aliphatic heterocycles. The van der Waals surface area contributed by atoms with Crippen LogP contribution in [-0.2, 0) is 11.3 Å². The number of H-pyrrole nitrogens is 1. The number of hydrogen-bond acceptors (Lipinski definition) is 2. The molecule has 6 rings (SSSR count). The second kappa shape index (κ2) is 7.90. The van der Waals surface area contributed by atoms with Crippen LogP contribution in [0, 0.1) is 52.1 Å². The van der Waals surface area contributed by atoms with Crippen LogP contribution in [0.3, 0.4) is 0 Å². The van der Waals surface area contributed by atoms with Gasteiger partial charge in [0.25, 0.3) is 0 Å². The topological polar surface area (TPSA) is 58.0 Å². The summed E-state index contributed by atoms with van der Waals surface area (Å²) in [5.74, 6) is 1.06. The zero-order chi connectivity index (χ0) is 24.8. The van der Waals surface area contributed by atoms with Gasteiger partial charge in [-0.05, 0) is 99.2 Å². The van der Waals surface area contributed by atoms with Gasteiger partial charge in [-0.2, -0.15) is 0 Å². The molecule has 6 heteroatoms. The van der Waals surface area contributed by atoms with Crippen molar-refractivity contribution in [2.75, 3.05) is 0 Å². The molecule has 1 aromatic heterocycles. The normalized spacial score (nSPS) is 43.4. The molecule has 4 fully saturated rings. The van der Waals surface area contributed by atoms with Crippen LogP contribution in [0.25, 0.3) is 11.0 Å². The first-order valence-electron chi connectivity index (χ1n) is 13.8. The van der Waals surface area contributed by atoms with E-state index in [0.717, 1.165) is 44.6 Å². The van der Waals surface area contributed by atoms with Crippen LogP contribution in [0.1, 0.15) is 85.0 Å². The van der Waals surface area contributed by atoms with Gasteiger partial charge in [-0.15, -0.1) is 0 Å². The molecule has 1 heterocycles. The van der Waals surface area contributed by atoms with E-state index in [1.807, 2.05) is 6.92 Å². The second-order valence-electron chi connectivity index (χ2n) is 13.3. The zero-order valence-corrected chi connectivity index (χ0v) is 21.4. The number of carbonyl (C=O) groups is 1. The third kappa shape index (κ3) is 3.56. The molecule has 2 aromatic rings. The predicted octanol–water partition coefficient (Wildman–Crippen LogP) is 6.62. The number of Topliss-reactive ketones (excluding diaryl/α,β-unsaturated/α-hetero) is 1. The molecule has 0 unspecified atom stereocenters. The third-order valence-corrected chi connectivity index (χ3v) is 11.5. The predicted molar refractivity (Wildman–Crippen MR) is 132 cm³/mol. The first-order chi connectivity index (χ1) is 16.5. The lowest BCUT2D eigenvalue weighted by molar-refractivity contribution is -0.133. The largest absolute Gasteiger partial charge is 0.390 e. The summed E-state index contributed by atoms with van der Waals surface area (Å²) in [5.41, 5.74) is 0.918. The molecule has 1 aromatic carbocycles. The first kappa shape index (κ1) is 23.7. The van der Waals surface area contributed by atoms with E-state index in [0.29, 0.717) is 40.1 Å². The van der Waals surface area contributed by atoms with Gasteiger partial charge in [0.05, 0.1) is 23.2 Å². The lowest BCUT2D eigenvalue weighted by Gasteiger charge is -2.57. The molecule has 8 atom stereocenters. The van der Waals surface area contributed by atoms with Crippen molar-refractivity contribution in [3.63, 3.8) is 0 Å². The van der Waals surface area contributed by atoms with Gasteiger partial charge in [-0.3, -0.25) is 14.6 Å². The lowest BCUT2D eigenvalue weighted by Crippen LogP contribution is -2.52. The number of nitrogens with one attached hydrogen (secondary N) is 1. The number of benzene rings is 1. The number of aromatic amines is 1. The van der Waals surface area contributed by atoms with E-state index in [1.165, 1.54) is 31.7 Å². The zero-order valence-electron chi connectivity index (χ0n) is 21.4. The van der Waals surface area contributed by atoms with Crippen LogP contribution in [0.2, 0.25) is 0 Å². The van der Waals surface area contributed by atoms with Crippen molar-refractivity contribution in [1.29, 1.82) is 0 Å². The van der Waals surface area contributed by atoms with Gasteiger partial charge >= 0.3 is 0 Å². The fraction of sp³-hybridized carbons (Fsp3) is 0.759. The van der Waals surface area contributed by atoms with E-state index in [4.69, 9.17) is 0 Å². The van der Waals surface area contributed by atoms with E-state index in [9.17, 15) is 18.7 Å². The molecular weight excluding hydrogens is 446 g/mol. The van der Waals surface area contributed by atoms with E-state index < -0.39 is 17.2 Å². The molecule has 0 saturated heterocycles. The van der Waals surface area contributed by atoms with Crippen LogP contribution >= 0.6 is 0 Å². The number of ketones is 1. The summed E-state index contributed by atoms with van der Waals surface area (Å²) in [6.45, 7) is 7.11. The van der Waals surface area contributed by atoms with Crippen molar-refractivity contribution in [1.82, 2.24) is 9.78 Å². The highest BCUT2D eigenvalue weighted by atomic mass is 19.2.